The van der Waals surface area contributed by atoms with Gasteiger partial charge in [-0.2, -0.15) is 5.10 Å². The lowest BCUT2D eigenvalue weighted by Gasteiger charge is -2.13. The molecule has 0 aliphatic carbocycles. The van der Waals surface area contributed by atoms with Crippen molar-refractivity contribution in [2.24, 2.45) is 5.10 Å². The Morgan fingerprint density at radius 3 is 2.33 bits per heavy atom. The van der Waals surface area contributed by atoms with E-state index in [1.54, 1.807) is 61.5 Å². The van der Waals surface area contributed by atoms with Crippen LogP contribution in [0.15, 0.2) is 87.8 Å². The molecule has 3 aromatic carbocycles. The second-order valence-electron chi connectivity index (χ2n) is 7.06. The number of benzene rings is 3. The van der Waals surface area contributed by atoms with Crippen LogP contribution in [0.5, 0.6) is 0 Å². The highest BCUT2D eigenvalue weighted by molar-refractivity contribution is 7.99. The molecule has 33 heavy (non-hydrogen) atoms. The number of para-hydroxylation sites is 1. The van der Waals surface area contributed by atoms with Crippen LogP contribution < -0.4 is 11.0 Å². The minimum Gasteiger partial charge on any atom is -0.272 e. The Morgan fingerprint density at radius 1 is 1.00 bits per heavy atom. The molecule has 166 valence electrons. The van der Waals surface area contributed by atoms with E-state index < -0.39 is 0 Å². The first-order valence-corrected chi connectivity index (χ1v) is 11.7. The molecule has 0 spiro atoms. The van der Waals surface area contributed by atoms with Crippen LogP contribution >= 0.6 is 35.0 Å². The van der Waals surface area contributed by atoms with E-state index in [1.165, 1.54) is 4.57 Å². The maximum absolute atomic E-state index is 13.2. The van der Waals surface area contributed by atoms with Gasteiger partial charge in [0.2, 0.25) is 0 Å². The van der Waals surface area contributed by atoms with Crippen molar-refractivity contribution in [1.82, 2.24) is 15.0 Å². The molecule has 6 nitrogen and oxygen atoms in total. The zero-order valence-electron chi connectivity index (χ0n) is 17.5. The number of halogens is 2. The molecule has 0 saturated carbocycles. The lowest BCUT2D eigenvalue weighted by atomic mass is 10.1. The zero-order valence-corrected chi connectivity index (χ0v) is 19.8. The summed E-state index contributed by atoms with van der Waals surface area (Å²) >= 11 is 13.1. The minimum atomic E-state index is -0.321. The van der Waals surface area contributed by atoms with Gasteiger partial charge in [-0.1, -0.05) is 59.2 Å². The van der Waals surface area contributed by atoms with Crippen molar-refractivity contribution in [3.63, 3.8) is 0 Å². The first kappa shape index (κ1) is 23.0. The first-order chi connectivity index (χ1) is 15.9. The summed E-state index contributed by atoms with van der Waals surface area (Å²) in [4.78, 5) is 30.3. The number of hydrogen-bond donors (Lipinski definition) is 1. The molecule has 0 aliphatic heterocycles. The maximum atomic E-state index is 13.2. The number of hydrogen-bond acceptors (Lipinski definition) is 5. The molecule has 1 aromatic heterocycles. The molecule has 0 aliphatic rings. The van der Waals surface area contributed by atoms with Gasteiger partial charge in [0.05, 0.1) is 28.1 Å². The van der Waals surface area contributed by atoms with Gasteiger partial charge in [0.15, 0.2) is 5.16 Å². The summed E-state index contributed by atoms with van der Waals surface area (Å²) in [5, 5.41) is 6.22. The van der Waals surface area contributed by atoms with E-state index in [0.717, 1.165) is 17.3 Å². The predicted octanol–water partition coefficient (Wildman–Crippen LogP) is 5.33. The maximum Gasteiger partial charge on any atom is 0.266 e. The number of amides is 1. The van der Waals surface area contributed by atoms with Crippen LogP contribution in [-0.2, 0) is 4.79 Å². The van der Waals surface area contributed by atoms with E-state index in [0.29, 0.717) is 37.5 Å². The van der Waals surface area contributed by atoms with E-state index in [1.807, 2.05) is 18.2 Å². The number of fused-ring (bicyclic) bond motifs is 1. The van der Waals surface area contributed by atoms with Gasteiger partial charge >= 0.3 is 0 Å². The van der Waals surface area contributed by atoms with Gasteiger partial charge in [-0.15, -0.1) is 0 Å². The molecule has 0 bridgehead atoms. The molecule has 0 atom stereocenters. The van der Waals surface area contributed by atoms with Crippen molar-refractivity contribution in [3.8, 4) is 5.69 Å². The summed E-state index contributed by atoms with van der Waals surface area (Å²) in [6.07, 6.45) is 0. The number of rotatable bonds is 6. The Bertz CT molecular complexity index is 1400. The van der Waals surface area contributed by atoms with Crippen LogP contribution in [0, 0.1) is 0 Å². The van der Waals surface area contributed by atoms with Crippen molar-refractivity contribution in [2.75, 3.05) is 5.75 Å². The number of nitrogens with one attached hydrogen (secondary N) is 1. The van der Waals surface area contributed by atoms with Crippen molar-refractivity contribution in [2.45, 2.75) is 12.1 Å². The molecule has 0 saturated heterocycles. The normalized spacial score (nSPS) is 11.5. The number of aromatic nitrogens is 2. The molecule has 0 radical (unpaired) electrons. The second kappa shape index (κ2) is 10.2. The van der Waals surface area contributed by atoms with Crippen LogP contribution in [0.3, 0.4) is 0 Å². The number of hydrazone groups is 1. The number of thioether (sulfide) groups is 1. The standard InChI is InChI=1S/C24H18Cl2N4O2S/c1-15(16-6-8-17(25)9-7-16)28-29-22(31)14-33-24-27-21-5-3-2-4-20(21)23(32)30(24)19-12-10-18(26)11-13-19/h2-13H,14H2,1H3,(H,29,31). The van der Waals surface area contributed by atoms with E-state index in [2.05, 4.69) is 15.5 Å². The third-order valence-electron chi connectivity index (χ3n) is 4.77. The highest BCUT2D eigenvalue weighted by Crippen LogP contribution is 2.22. The largest absolute Gasteiger partial charge is 0.272 e. The fourth-order valence-corrected chi connectivity index (χ4v) is 4.15. The van der Waals surface area contributed by atoms with Crippen LogP contribution in [0.2, 0.25) is 10.0 Å². The molecule has 0 unspecified atom stereocenters. The molecule has 0 fully saturated rings. The lowest BCUT2D eigenvalue weighted by Crippen LogP contribution is -2.24. The van der Waals surface area contributed by atoms with E-state index >= 15 is 0 Å². The monoisotopic (exact) mass is 496 g/mol. The number of carbonyl (C=O) groups excluding carboxylic acids is 1. The lowest BCUT2D eigenvalue weighted by molar-refractivity contribution is -0.118. The highest BCUT2D eigenvalue weighted by Gasteiger charge is 2.15. The smallest absolute Gasteiger partial charge is 0.266 e. The summed E-state index contributed by atoms with van der Waals surface area (Å²) in [6.45, 7) is 1.79. The molecule has 1 heterocycles. The molecular weight excluding hydrogens is 479 g/mol. The summed E-state index contributed by atoms with van der Waals surface area (Å²) in [7, 11) is 0. The fourth-order valence-electron chi connectivity index (χ4n) is 3.09. The second-order valence-corrected chi connectivity index (χ2v) is 8.87. The van der Waals surface area contributed by atoms with Gasteiger partial charge in [-0.05, 0) is 61.0 Å². The zero-order chi connectivity index (χ0) is 23.4. The van der Waals surface area contributed by atoms with Gasteiger partial charge < -0.3 is 0 Å². The molecule has 4 aromatic rings. The van der Waals surface area contributed by atoms with Crippen molar-refractivity contribution in [1.29, 1.82) is 0 Å². The van der Waals surface area contributed by atoms with Gasteiger partial charge in [0.25, 0.3) is 11.5 Å². The van der Waals surface area contributed by atoms with Gasteiger partial charge in [0.1, 0.15) is 0 Å². The van der Waals surface area contributed by atoms with Crippen molar-refractivity contribution in [3.05, 3.63) is 98.8 Å². The van der Waals surface area contributed by atoms with E-state index in [-0.39, 0.29) is 17.2 Å². The summed E-state index contributed by atoms with van der Waals surface area (Å²) in [5.74, 6) is -0.297. The Balaban J connectivity index is 1.57. The Morgan fingerprint density at radius 2 is 1.64 bits per heavy atom. The van der Waals surface area contributed by atoms with Gasteiger partial charge in [-0.25, -0.2) is 10.4 Å². The summed E-state index contributed by atoms with van der Waals surface area (Å²) in [6, 6.07) is 21.2. The van der Waals surface area contributed by atoms with Crippen LogP contribution in [0.25, 0.3) is 16.6 Å². The SMILES string of the molecule is CC(=NNC(=O)CSc1nc2ccccc2c(=O)n1-c1ccc(Cl)cc1)c1ccc(Cl)cc1. The summed E-state index contributed by atoms with van der Waals surface area (Å²) < 4.78 is 1.48. The third kappa shape index (κ3) is 5.45. The highest BCUT2D eigenvalue weighted by atomic mass is 35.5. The molecular formula is C24H18Cl2N4O2S. The van der Waals surface area contributed by atoms with Gasteiger partial charge in [0, 0.05) is 10.0 Å². The quantitative estimate of drug-likeness (QED) is 0.169. The molecule has 1 amide bonds. The minimum absolute atomic E-state index is 0.0236. The molecule has 1 N–H and O–H groups in total. The Kier molecular flexibility index (Phi) is 7.13. The average molecular weight is 497 g/mol. The van der Waals surface area contributed by atoms with Crippen LogP contribution in [0.4, 0.5) is 0 Å². The van der Waals surface area contributed by atoms with Gasteiger partial charge in [-0.3, -0.25) is 14.2 Å². The molecule has 4 rings (SSSR count). The van der Waals surface area contributed by atoms with Crippen molar-refractivity contribution >= 4 is 57.5 Å². The predicted molar refractivity (Wildman–Crippen MR) is 135 cm³/mol. The third-order valence-corrected chi connectivity index (χ3v) is 6.21. The number of carbonyl (C=O) groups is 1. The topological polar surface area (TPSA) is 76.3 Å². The van der Waals surface area contributed by atoms with E-state index in [4.69, 9.17) is 23.2 Å². The Hall–Kier alpha value is -3.13. The fraction of sp³-hybridized carbons (Fsp3) is 0.0833. The van der Waals surface area contributed by atoms with Crippen LogP contribution in [-0.4, -0.2) is 26.9 Å². The van der Waals surface area contributed by atoms with Crippen molar-refractivity contribution < 1.29 is 4.79 Å². The first-order valence-electron chi connectivity index (χ1n) is 9.92. The number of nitrogens with zero attached hydrogens (tertiary/aromatic N) is 3. The molecule has 9 heteroatoms. The Labute approximate surface area is 204 Å². The summed E-state index contributed by atoms with van der Waals surface area (Å²) in [5.41, 5.74) is 4.99. The van der Waals surface area contributed by atoms with E-state index in [9.17, 15) is 9.59 Å². The van der Waals surface area contributed by atoms with Crippen LogP contribution in [0.1, 0.15) is 12.5 Å². The average Bonchev–Trinajstić information content (AvgIpc) is 2.82.